The van der Waals surface area contributed by atoms with Gasteiger partial charge in [0.25, 0.3) is 6.47 Å². The van der Waals surface area contributed by atoms with Crippen molar-refractivity contribution in [3.63, 3.8) is 0 Å². The third kappa shape index (κ3) is 8.48. The molecule has 0 aromatic rings. The summed E-state index contributed by atoms with van der Waals surface area (Å²) < 4.78 is 0. The van der Waals surface area contributed by atoms with E-state index in [1.54, 1.807) is 0 Å². The zero-order valence-corrected chi connectivity index (χ0v) is 11.3. The van der Waals surface area contributed by atoms with Crippen molar-refractivity contribution in [2.75, 3.05) is 0 Å². The van der Waals surface area contributed by atoms with E-state index in [0.29, 0.717) is 5.92 Å². The van der Waals surface area contributed by atoms with Gasteiger partial charge < -0.3 is 10.2 Å². The van der Waals surface area contributed by atoms with E-state index in [0.717, 1.165) is 6.42 Å². The number of hydrogen-bond acceptors (Lipinski definition) is 2. The third-order valence-corrected chi connectivity index (χ3v) is 2.47. The molecule has 3 nitrogen and oxygen atoms in total. The lowest BCUT2D eigenvalue weighted by molar-refractivity contribution is -0.122. The molecule has 0 aliphatic rings. The van der Waals surface area contributed by atoms with Crippen molar-refractivity contribution >= 4 is 6.47 Å². The van der Waals surface area contributed by atoms with E-state index in [-0.39, 0.29) is 18.0 Å². The maximum Gasteiger partial charge on any atom is 0.290 e. The van der Waals surface area contributed by atoms with E-state index in [1.807, 2.05) is 0 Å². The molecule has 16 heavy (non-hydrogen) atoms. The highest BCUT2D eigenvalue weighted by Crippen LogP contribution is 2.30. The van der Waals surface area contributed by atoms with E-state index in [9.17, 15) is 5.11 Å². The monoisotopic (exact) mass is 230 g/mol. The fraction of sp³-hybridized carbons (Fsp3) is 0.769. The van der Waals surface area contributed by atoms with Crippen LogP contribution in [-0.2, 0) is 4.79 Å². The van der Waals surface area contributed by atoms with Gasteiger partial charge in [-0.2, -0.15) is 0 Å². The molecule has 1 unspecified atom stereocenters. The zero-order valence-electron chi connectivity index (χ0n) is 11.3. The summed E-state index contributed by atoms with van der Waals surface area (Å²) in [5.74, 6) is 0.334. The van der Waals surface area contributed by atoms with E-state index in [1.165, 1.54) is 5.57 Å². The van der Waals surface area contributed by atoms with Crippen molar-refractivity contribution in [3.8, 4) is 0 Å². The van der Waals surface area contributed by atoms with Crippen LogP contribution in [0.5, 0.6) is 0 Å². The molecule has 96 valence electrons. The van der Waals surface area contributed by atoms with Gasteiger partial charge in [-0.15, -0.1) is 0 Å². The summed E-state index contributed by atoms with van der Waals surface area (Å²) in [5.41, 5.74) is 1.31. The van der Waals surface area contributed by atoms with Crippen LogP contribution in [0.2, 0.25) is 0 Å². The Bertz CT molecular complexity index is 213. The molecule has 0 aromatic heterocycles. The van der Waals surface area contributed by atoms with E-state index in [4.69, 9.17) is 9.90 Å². The number of aliphatic hydroxyl groups is 1. The molecule has 0 radical (unpaired) electrons. The normalized spacial score (nSPS) is 12.5. The molecule has 0 rings (SSSR count). The van der Waals surface area contributed by atoms with Crippen molar-refractivity contribution in [3.05, 3.63) is 11.6 Å². The SMILES string of the molecule is CC(C)=CCC(C)(C)C(O)C(C)C.O=CO. The lowest BCUT2D eigenvalue weighted by atomic mass is 9.78. The first-order valence-electron chi connectivity index (χ1n) is 5.58. The number of aliphatic hydroxyl groups excluding tert-OH is 1. The molecule has 0 aliphatic carbocycles. The highest BCUT2D eigenvalue weighted by Gasteiger charge is 2.28. The molecular formula is C13H26O3. The summed E-state index contributed by atoms with van der Waals surface area (Å²) in [6.45, 7) is 12.3. The highest BCUT2D eigenvalue weighted by molar-refractivity contribution is 5.32. The molecule has 1 atom stereocenters. The van der Waals surface area contributed by atoms with Crippen LogP contribution in [0.15, 0.2) is 11.6 Å². The van der Waals surface area contributed by atoms with Gasteiger partial charge in [0.15, 0.2) is 0 Å². The van der Waals surface area contributed by atoms with E-state index in [2.05, 4.69) is 47.6 Å². The predicted octanol–water partition coefficient (Wildman–Crippen LogP) is 3.09. The van der Waals surface area contributed by atoms with Gasteiger partial charge in [-0.05, 0) is 31.6 Å². The number of rotatable bonds is 4. The van der Waals surface area contributed by atoms with Crippen LogP contribution in [0.25, 0.3) is 0 Å². The summed E-state index contributed by atoms with van der Waals surface area (Å²) >= 11 is 0. The second-order valence-corrected chi connectivity index (χ2v) is 5.27. The Hall–Kier alpha value is -0.830. The molecule has 0 aliphatic heterocycles. The quantitative estimate of drug-likeness (QED) is 0.576. The summed E-state index contributed by atoms with van der Waals surface area (Å²) in [4.78, 5) is 8.36. The second kappa shape index (κ2) is 8.34. The number of hydrogen-bond donors (Lipinski definition) is 2. The average molecular weight is 230 g/mol. The largest absolute Gasteiger partial charge is 0.483 e. The number of carboxylic acid groups (broad SMARTS) is 1. The van der Waals surface area contributed by atoms with Crippen molar-refractivity contribution < 1.29 is 15.0 Å². The molecular weight excluding hydrogens is 204 g/mol. The Balaban J connectivity index is 0. The fourth-order valence-corrected chi connectivity index (χ4v) is 1.49. The van der Waals surface area contributed by atoms with Gasteiger partial charge in [-0.1, -0.05) is 39.3 Å². The van der Waals surface area contributed by atoms with Crippen LogP contribution >= 0.6 is 0 Å². The standard InChI is InChI=1S/C12H24O.CH2O2/c1-9(2)7-8-12(5,6)11(13)10(3)4;2-1-3/h7,10-11,13H,8H2,1-6H3;1H,(H,2,3). The van der Waals surface area contributed by atoms with Crippen LogP contribution in [0, 0.1) is 11.3 Å². The Morgan fingerprint density at radius 1 is 1.31 bits per heavy atom. The Morgan fingerprint density at radius 2 is 1.69 bits per heavy atom. The minimum absolute atomic E-state index is 0.00850. The first kappa shape index (κ1) is 17.6. The lowest BCUT2D eigenvalue weighted by Gasteiger charge is -2.32. The Labute approximate surface area is 99.2 Å². The maximum absolute atomic E-state index is 9.94. The maximum atomic E-state index is 9.94. The van der Waals surface area contributed by atoms with E-state index < -0.39 is 0 Å². The third-order valence-electron chi connectivity index (χ3n) is 2.47. The summed E-state index contributed by atoms with van der Waals surface area (Å²) in [6.07, 6.45) is 2.93. The zero-order chi connectivity index (χ0) is 13.4. The Morgan fingerprint density at radius 3 is 1.94 bits per heavy atom. The number of carbonyl (C=O) groups is 1. The van der Waals surface area contributed by atoms with Crippen LogP contribution in [-0.4, -0.2) is 22.8 Å². The van der Waals surface area contributed by atoms with Crippen molar-refractivity contribution in [2.24, 2.45) is 11.3 Å². The van der Waals surface area contributed by atoms with Crippen LogP contribution in [0.1, 0.15) is 48.0 Å². The van der Waals surface area contributed by atoms with Crippen molar-refractivity contribution in [1.82, 2.24) is 0 Å². The van der Waals surface area contributed by atoms with Gasteiger partial charge >= 0.3 is 0 Å². The Kier molecular flexibility index (Phi) is 9.15. The molecule has 0 aromatic carbocycles. The van der Waals surface area contributed by atoms with Gasteiger partial charge in [0.2, 0.25) is 0 Å². The molecule has 0 fully saturated rings. The topological polar surface area (TPSA) is 57.5 Å². The lowest BCUT2D eigenvalue weighted by Crippen LogP contribution is -2.33. The van der Waals surface area contributed by atoms with Crippen LogP contribution < -0.4 is 0 Å². The predicted molar refractivity (Wildman–Crippen MR) is 67.4 cm³/mol. The van der Waals surface area contributed by atoms with Crippen molar-refractivity contribution in [1.29, 1.82) is 0 Å². The van der Waals surface area contributed by atoms with E-state index >= 15 is 0 Å². The average Bonchev–Trinajstić information content (AvgIpc) is 2.15. The molecule has 0 amide bonds. The highest BCUT2D eigenvalue weighted by atomic mass is 16.3. The smallest absolute Gasteiger partial charge is 0.290 e. The minimum Gasteiger partial charge on any atom is -0.483 e. The summed E-state index contributed by atoms with van der Waals surface area (Å²) in [6, 6.07) is 0. The molecule has 0 saturated heterocycles. The molecule has 2 N–H and O–H groups in total. The van der Waals surface area contributed by atoms with Gasteiger partial charge in [0.05, 0.1) is 6.10 Å². The van der Waals surface area contributed by atoms with Gasteiger partial charge in [-0.25, -0.2) is 0 Å². The second-order valence-electron chi connectivity index (χ2n) is 5.27. The van der Waals surface area contributed by atoms with Gasteiger partial charge in [0.1, 0.15) is 0 Å². The molecule has 0 saturated carbocycles. The fourth-order valence-electron chi connectivity index (χ4n) is 1.49. The summed E-state index contributed by atoms with van der Waals surface area (Å²) in [7, 11) is 0. The first-order valence-corrected chi connectivity index (χ1v) is 5.58. The van der Waals surface area contributed by atoms with Gasteiger partial charge in [0, 0.05) is 0 Å². The minimum atomic E-state index is -0.250. The molecule has 0 heterocycles. The number of allylic oxidation sites excluding steroid dienone is 2. The summed E-state index contributed by atoms with van der Waals surface area (Å²) in [5, 5.41) is 16.8. The molecule has 0 bridgehead atoms. The molecule has 3 heteroatoms. The van der Waals surface area contributed by atoms with Crippen LogP contribution in [0.4, 0.5) is 0 Å². The van der Waals surface area contributed by atoms with Gasteiger partial charge in [-0.3, -0.25) is 4.79 Å². The van der Waals surface area contributed by atoms with Crippen molar-refractivity contribution in [2.45, 2.75) is 54.1 Å². The van der Waals surface area contributed by atoms with Crippen LogP contribution in [0.3, 0.4) is 0 Å². The first-order chi connectivity index (χ1) is 7.18. The molecule has 0 spiro atoms.